The van der Waals surface area contributed by atoms with Gasteiger partial charge in [0.15, 0.2) is 5.92 Å². The van der Waals surface area contributed by atoms with Crippen molar-refractivity contribution in [2.45, 2.75) is 52.7 Å². The molecule has 0 aliphatic rings. The lowest BCUT2D eigenvalue weighted by molar-refractivity contribution is -0.168. The molecule has 5 nitrogen and oxygen atoms in total. The number of carboxylic acids is 1. The van der Waals surface area contributed by atoms with Crippen LogP contribution in [0.1, 0.15) is 41.0 Å². The molecule has 0 aromatic heterocycles. The lowest BCUT2D eigenvalue weighted by atomic mass is 9.87. The number of carbonyl (C=O) groups excluding carboxylic acids is 1. The normalized spacial score (nSPS) is 16.8. The Hall–Kier alpha value is -1.10. The minimum absolute atomic E-state index is 0.0728. The van der Waals surface area contributed by atoms with E-state index >= 15 is 0 Å². The van der Waals surface area contributed by atoms with Crippen LogP contribution in [-0.4, -0.2) is 35.7 Å². The molecule has 5 heteroatoms. The first-order valence-corrected chi connectivity index (χ1v) is 6.27. The third-order valence-electron chi connectivity index (χ3n) is 2.88. The third kappa shape index (κ3) is 5.04. The molecule has 106 valence electrons. The number of carbonyl (C=O) groups is 2. The van der Waals surface area contributed by atoms with Gasteiger partial charge in [-0.2, -0.15) is 0 Å². The second-order valence-electron chi connectivity index (χ2n) is 5.55. The Morgan fingerprint density at radius 2 is 1.83 bits per heavy atom. The number of hydrogen-bond acceptors (Lipinski definition) is 4. The monoisotopic (exact) mass is 259 g/mol. The van der Waals surface area contributed by atoms with Crippen LogP contribution < -0.4 is 5.32 Å². The fourth-order valence-electron chi connectivity index (χ4n) is 1.80. The van der Waals surface area contributed by atoms with Gasteiger partial charge in [-0.25, -0.2) is 0 Å². The highest BCUT2D eigenvalue weighted by atomic mass is 16.6. The van der Waals surface area contributed by atoms with Crippen molar-refractivity contribution in [3.8, 4) is 0 Å². The summed E-state index contributed by atoms with van der Waals surface area (Å²) in [6.07, 6.45) is 0.790. The van der Waals surface area contributed by atoms with Gasteiger partial charge in [0.2, 0.25) is 0 Å². The average Bonchev–Trinajstić information content (AvgIpc) is 2.21. The Kier molecular flexibility index (Phi) is 6.32. The first-order valence-electron chi connectivity index (χ1n) is 6.27. The highest BCUT2D eigenvalue weighted by Gasteiger charge is 2.39. The van der Waals surface area contributed by atoms with Crippen LogP contribution in [0.25, 0.3) is 0 Å². The number of aliphatic carboxylic acids is 1. The lowest BCUT2D eigenvalue weighted by Crippen LogP contribution is -2.48. The number of nitrogens with one attached hydrogen (secondary N) is 1. The van der Waals surface area contributed by atoms with E-state index in [1.54, 1.807) is 27.8 Å². The first kappa shape index (κ1) is 16.9. The molecule has 0 saturated carbocycles. The predicted octanol–water partition coefficient (Wildman–Crippen LogP) is 1.66. The highest BCUT2D eigenvalue weighted by molar-refractivity contribution is 5.95. The number of carboxylic acid groups (broad SMARTS) is 1. The topological polar surface area (TPSA) is 75.6 Å². The van der Waals surface area contributed by atoms with E-state index in [2.05, 4.69) is 5.32 Å². The Morgan fingerprint density at radius 3 is 2.11 bits per heavy atom. The molecule has 0 radical (unpaired) electrons. The fourth-order valence-corrected chi connectivity index (χ4v) is 1.80. The van der Waals surface area contributed by atoms with Crippen LogP contribution in [0, 0.1) is 11.8 Å². The van der Waals surface area contributed by atoms with E-state index in [1.807, 2.05) is 13.8 Å². The standard InChI is InChI=1S/C13H25NO4/c1-7-8(2)10(14-6)9(11(15)16)12(17)18-13(3,4)5/h8-10,14H,7H2,1-6H3,(H,15,16)/t8-,9?,10+/m1/s1. The third-order valence-corrected chi connectivity index (χ3v) is 2.88. The number of ether oxygens (including phenoxy) is 1. The average molecular weight is 259 g/mol. The summed E-state index contributed by atoms with van der Waals surface area (Å²) in [6.45, 7) is 9.05. The zero-order valence-electron chi connectivity index (χ0n) is 12.1. The van der Waals surface area contributed by atoms with E-state index in [-0.39, 0.29) is 5.92 Å². The van der Waals surface area contributed by atoms with Gasteiger partial charge in [0.25, 0.3) is 0 Å². The highest BCUT2D eigenvalue weighted by Crippen LogP contribution is 2.20. The molecule has 0 heterocycles. The van der Waals surface area contributed by atoms with E-state index in [4.69, 9.17) is 4.74 Å². The van der Waals surface area contributed by atoms with Crippen LogP contribution in [0.2, 0.25) is 0 Å². The maximum Gasteiger partial charge on any atom is 0.322 e. The molecule has 2 N–H and O–H groups in total. The molecule has 0 rings (SSSR count). The van der Waals surface area contributed by atoms with Crippen LogP contribution >= 0.6 is 0 Å². The van der Waals surface area contributed by atoms with Crippen molar-refractivity contribution in [3.63, 3.8) is 0 Å². The number of hydrogen-bond donors (Lipinski definition) is 2. The molecule has 0 saturated heterocycles. The summed E-state index contributed by atoms with van der Waals surface area (Å²) in [7, 11) is 1.66. The maximum atomic E-state index is 12.0. The summed E-state index contributed by atoms with van der Waals surface area (Å²) < 4.78 is 5.18. The molecule has 3 atom stereocenters. The summed E-state index contributed by atoms with van der Waals surface area (Å²) in [6, 6.07) is -0.428. The van der Waals surface area contributed by atoms with Crippen molar-refractivity contribution in [3.05, 3.63) is 0 Å². The van der Waals surface area contributed by atoms with Crippen LogP contribution in [0.15, 0.2) is 0 Å². The molecule has 0 aromatic rings. The van der Waals surface area contributed by atoms with E-state index in [0.29, 0.717) is 0 Å². The smallest absolute Gasteiger partial charge is 0.322 e. The summed E-state index contributed by atoms with van der Waals surface area (Å²) in [4.78, 5) is 23.3. The van der Waals surface area contributed by atoms with Gasteiger partial charge >= 0.3 is 11.9 Å². The molecule has 0 aromatic carbocycles. The Bertz CT molecular complexity index is 296. The minimum Gasteiger partial charge on any atom is -0.481 e. The predicted molar refractivity (Wildman–Crippen MR) is 69.3 cm³/mol. The maximum absolute atomic E-state index is 12.0. The molecule has 0 aliphatic carbocycles. The fraction of sp³-hybridized carbons (Fsp3) is 0.846. The molecule has 0 fully saturated rings. The molecule has 0 spiro atoms. The van der Waals surface area contributed by atoms with Crippen molar-refractivity contribution in [1.82, 2.24) is 5.32 Å². The summed E-state index contributed by atoms with van der Waals surface area (Å²) in [5, 5.41) is 12.2. The number of rotatable bonds is 6. The van der Waals surface area contributed by atoms with E-state index < -0.39 is 29.5 Å². The second-order valence-corrected chi connectivity index (χ2v) is 5.55. The summed E-state index contributed by atoms with van der Waals surface area (Å²) in [5.74, 6) is -2.94. The van der Waals surface area contributed by atoms with Gasteiger partial charge in [0.1, 0.15) is 5.60 Å². The first-order chi connectivity index (χ1) is 8.14. The van der Waals surface area contributed by atoms with Gasteiger partial charge in [-0.15, -0.1) is 0 Å². The molecule has 0 bridgehead atoms. The van der Waals surface area contributed by atoms with Crippen molar-refractivity contribution in [2.75, 3.05) is 7.05 Å². The molecule has 1 unspecified atom stereocenters. The molecular weight excluding hydrogens is 234 g/mol. The zero-order valence-corrected chi connectivity index (χ0v) is 12.1. The minimum atomic E-state index is -1.18. The van der Waals surface area contributed by atoms with Crippen molar-refractivity contribution >= 4 is 11.9 Å². The SMILES string of the molecule is CC[C@@H](C)[C@H](NC)C(C(=O)O)C(=O)OC(C)(C)C. The van der Waals surface area contributed by atoms with Crippen molar-refractivity contribution in [1.29, 1.82) is 0 Å². The van der Waals surface area contributed by atoms with Gasteiger partial charge in [0, 0.05) is 6.04 Å². The van der Waals surface area contributed by atoms with Crippen LogP contribution in [-0.2, 0) is 14.3 Å². The quantitative estimate of drug-likeness (QED) is 0.560. The Balaban J connectivity index is 5.05. The van der Waals surface area contributed by atoms with Gasteiger partial charge in [-0.3, -0.25) is 9.59 Å². The zero-order chi connectivity index (χ0) is 14.5. The van der Waals surface area contributed by atoms with Gasteiger partial charge in [0.05, 0.1) is 0 Å². The van der Waals surface area contributed by atoms with Gasteiger partial charge in [-0.1, -0.05) is 20.3 Å². The summed E-state index contributed by atoms with van der Waals surface area (Å²) >= 11 is 0. The van der Waals surface area contributed by atoms with Crippen molar-refractivity contribution < 1.29 is 19.4 Å². The van der Waals surface area contributed by atoms with E-state index in [0.717, 1.165) is 6.42 Å². The summed E-state index contributed by atoms with van der Waals surface area (Å²) in [5.41, 5.74) is -0.682. The molecular formula is C13H25NO4. The second kappa shape index (κ2) is 6.73. The van der Waals surface area contributed by atoms with Gasteiger partial charge < -0.3 is 15.2 Å². The van der Waals surface area contributed by atoms with Crippen LogP contribution in [0.5, 0.6) is 0 Å². The van der Waals surface area contributed by atoms with E-state index in [1.165, 1.54) is 0 Å². The Morgan fingerprint density at radius 1 is 1.33 bits per heavy atom. The van der Waals surface area contributed by atoms with Crippen molar-refractivity contribution in [2.24, 2.45) is 11.8 Å². The van der Waals surface area contributed by atoms with E-state index in [9.17, 15) is 14.7 Å². The number of esters is 1. The molecule has 18 heavy (non-hydrogen) atoms. The van der Waals surface area contributed by atoms with Gasteiger partial charge in [-0.05, 0) is 33.7 Å². The lowest BCUT2D eigenvalue weighted by Gasteiger charge is -2.29. The Labute approximate surface area is 109 Å². The largest absolute Gasteiger partial charge is 0.481 e. The molecule has 0 amide bonds. The van der Waals surface area contributed by atoms with Crippen LogP contribution in [0.4, 0.5) is 0 Å². The molecule has 0 aliphatic heterocycles. The van der Waals surface area contributed by atoms with Crippen LogP contribution in [0.3, 0.4) is 0 Å².